The fraction of sp³-hybridized carbons (Fsp3) is 0.750. The fourth-order valence-electron chi connectivity index (χ4n) is 1.18. The molecule has 1 rings (SSSR count). The SMILES string of the molecule is C#CC[NH2+]C[C@@H]1CCCO1. The summed E-state index contributed by atoms with van der Waals surface area (Å²) in [5.74, 6) is 2.58. The molecule has 0 saturated carbocycles. The lowest BCUT2D eigenvalue weighted by molar-refractivity contribution is -0.650. The number of rotatable bonds is 3. The van der Waals surface area contributed by atoms with Crippen molar-refractivity contribution in [2.24, 2.45) is 0 Å². The minimum Gasteiger partial charge on any atom is -0.372 e. The van der Waals surface area contributed by atoms with Gasteiger partial charge in [0.25, 0.3) is 0 Å². The molecule has 1 saturated heterocycles. The quantitative estimate of drug-likeness (QED) is 0.409. The van der Waals surface area contributed by atoms with E-state index < -0.39 is 0 Å². The van der Waals surface area contributed by atoms with Gasteiger partial charge in [-0.1, -0.05) is 0 Å². The molecule has 0 aromatic heterocycles. The van der Waals surface area contributed by atoms with E-state index in [0.717, 1.165) is 19.7 Å². The Labute approximate surface area is 62.0 Å². The third-order valence-corrected chi connectivity index (χ3v) is 1.72. The molecule has 0 unspecified atom stereocenters. The first-order valence-electron chi connectivity index (χ1n) is 3.80. The van der Waals surface area contributed by atoms with E-state index in [0.29, 0.717) is 6.10 Å². The second-order valence-electron chi connectivity index (χ2n) is 2.57. The maximum atomic E-state index is 5.40. The smallest absolute Gasteiger partial charge is 0.137 e. The van der Waals surface area contributed by atoms with Crippen LogP contribution in [-0.4, -0.2) is 25.8 Å². The molecule has 0 bridgehead atoms. The van der Waals surface area contributed by atoms with Crippen molar-refractivity contribution in [3.05, 3.63) is 0 Å². The van der Waals surface area contributed by atoms with Crippen molar-refractivity contribution >= 4 is 0 Å². The molecule has 1 aliphatic heterocycles. The van der Waals surface area contributed by atoms with E-state index in [9.17, 15) is 0 Å². The van der Waals surface area contributed by atoms with Crippen LogP contribution in [0.4, 0.5) is 0 Å². The van der Waals surface area contributed by atoms with Gasteiger partial charge in [-0.15, -0.1) is 6.42 Å². The van der Waals surface area contributed by atoms with Crippen molar-refractivity contribution in [2.75, 3.05) is 19.7 Å². The van der Waals surface area contributed by atoms with E-state index in [1.807, 2.05) is 0 Å². The van der Waals surface area contributed by atoms with Gasteiger partial charge in [-0.05, 0) is 18.8 Å². The first-order valence-corrected chi connectivity index (χ1v) is 3.80. The van der Waals surface area contributed by atoms with Gasteiger partial charge >= 0.3 is 0 Å². The van der Waals surface area contributed by atoms with Crippen LogP contribution in [0, 0.1) is 12.3 Å². The molecule has 1 aliphatic rings. The largest absolute Gasteiger partial charge is 0.372 e. The molecule has 2 nitrogen and oxygen atoms in total. The molecular formula is C8H14NO+. The number of hydrogen-bond acceptors (Lipinski definition) is 1. The molecule has 0 aromatic rings. The maximum Gasteiger partial charge on any atom is 0.137 e. The Morgan fingerprint density at radius 1 is 1.70 bits per heavy atom. The summed E-state index contributed by atoms with van der Waals surface area (Å²) in [5, 5.41) is 2.12. The van der Waals surface area contributed by atoms with Crippen LogP contribution in [-0.2, 0) is 4.74 Å². The normalized spacial score (nSPS) is 24.5. The molecular weight excluding hydrogens is 126 g/mol. The van der Waals surface area contributed by atoms with E-state index in [1.165, 1.54) is 12.8 Å². The number of terminal acetylenes is 1. The predicted octanol–water partition coefficient (Wildman–Crippen LogP) is -0.638. The Bertz CT molecular complexity index is 122. The number of nitrogens with two attached hydrogens (primary N) is 1. The van der Waals surface area contributed by atoms with Gasteiger partial charge in [-0.2, -0.15) is 0 Å². The Morgan fingerprint density at radius 3 is 3.20 bits per heavy atom. The van der Waals surface area contributed by atoms with Gasteiger partial charge in [0.1, 0.15) is 19.2 Å². The highest BCUT2D eigenvalue weighted by atomic mass is 16.5. The van der Waals surface area contributed by atoms with Gasteiger partial charge in [0.05, 0.1) is 0 Å². The minimum absolute atomic E-state index is 0.466. The third kappa shape index (κ3) is 2.38. The van der Waals surface area contributed by atoms with Crippen LogP contribution in [0.25, 0.3) is 0 Å². The van der Waals surface area contributed by atoms with Gasteiger partial charge < -0.3 is 10.1 Å². The second kappa shape index (κ2) is 4.32. The van der Waals surface area contributed by atoms with Crippen molar-refractivity contribution < 1.29 is 10.1 Å². The highest BCUT2D eigenvalue weighted by Crippen LogP contribution is 2.08. The standard InChI is InChI=1S/C8H13NO/c1-2-5-9-7-8-4-3-6-10-8/h1,8-9H,3-7H2/p+1/t8-/m0/s1. The van der Waals surface area contributed by atoms with Crippen molar-refractivity contribution in [3.8, 4) is 12.3 Å². The lowest BCUT2D eigenvalue weighted by Crippen LogP contribution is -2.86. The Morgan fingerprint density at radius 2 is 2.60 bits per heavy atom. The first kappa shape index (κ1) is 7.59. The molecule has 0 aliphatic carbocycles. The summed E-state index contributed by atoms with van der Waals surface area (Å²) in [6.45, 7) is 2.75. The first-order chi connectivity index (χ1) is 4.93. The molecule has 0 amide bonds. The molecule has 0 radical (unpaired) electrons. The average molecular weight is 140 g/mol. The predicted molar refractivity (Wildman–Crippen MR) is 39.5 cm³/mol. The lowest BCUT2D eigenvalue weighted by atomic mass is 10.2. The average Bonchev–Trinajstić information content (AvgIpc) is 2.41. The Balaban J connectivity index is 1.97. The van der Waals surface area contributed by atoms with Crippen LogP contribution in [0.15, 0.2) is 0 Å². The topological polar surface area (TPSA) is 25.8 Å². The summed E-state index contributed by atoms with van der Waals surface area (Å²) >= 11 is 0. The third-order valence-electron chi connectivity index (χ3n) is 1.72. The summed E-state index contributed by atoms with van der Waals surface area (Å²) in [4.78, 5) is 0. The van der Waals surface area contributed by atoms with Crippen LogP contribution in [0.3, 0.4) is 0 Å². The number of quaternary nitrogens is 1. The zero-order valence-electron chi connectivity index (χ0n) is 6.18. The van der Waals surface area contributed by atoms with Gasteiger partial charge in [-0.25, -0.2) is 0 Å². The van der Waals surface area contributed by atoms with Crippen molar-refractivity contribution in [3.63, 3.8) is 0 Å². The van der Waals surface area contributed by atoms with E-state index >= 15 is 0 Å². The molecule has 0 aromatic carbocycles. The summed E-state index contributed by atoms with van der Waals surface area (Å²) in [6.07, 6.45) is 7.98. The van der Waals surface area contributed by atoms with Gasteiger partial charge in [0.15, 0.2) is 0 Å². The molecule has 10 heavy (non-hydrogen) atoms. The molecule has 0 spiro atoms. The second-order valence-corrected chi connectivity index (χ2v) is 2.57. The molecule has 1 fully saturated rings. The highest BCUT2D eigenvalue weighted by molar-refractivity contribution is 4.81. The van der Waals surface area contributed by atoms with Crippen LogP contribution < -0.4 is 5.32 Å². The maximum absolute atomic E-state index is 5.40. The highest BCUT2D eigenvalue weighted by Gasteiger charge is 2.15. The molecule has 1 atom stereocenters. The zero-order chi connectivity index (χ0) is 7.23. The molecule has 56 valence electrons. The summed E-state index contributed by atoms with van der Waals surface area (Å²) in [6, 6.07) is 0. The molecule has 1 heterocycles. The van der Waals surface area contributed by atoms with Crippen LogP contribution in [0.5, 0.6) is 0 Å². The van der Waals surface area contributed by atoms with E-state index in [1.54, 1.807) is 0 Å². The van der Waals surface area contributed by atoms with E-state index in [2.05, 4.69) is 11.2 Å². The molecule has 2 heteroatoms. The van der Waals surface area contributed by atoms with Gasteiger partial charge in [0, 0.05) is 6.61 Å². The molecule has 2 N–H and O–H groups in total. The van der Waals surface area contributed by atoms with Crippen LogP contribution >= 0.6 is 0 Å². The van der Waals surface area contributed by atoms with Crippen molar-refractivity contribution in [1.29, 1.82) is 0 Å². The Kier molecular flexibility index (Phi) is 3.28. The summed E-state index contributed by atoms with van der Waals surface area (Å²) < 4.78 is 5.40. The van der Waals surface area contributed by atoms with Crippen LogP contribution in [0.2, 0.25) is 0 Å². The minimum atomic E-state index is 0.466. The van der Waals surface area contributed by atoms with Crippen molar-refractivity contribution in [2.45, 2.75) is 18.9 Å². The van der Waals surface area contributed by atoms with Crippen molar-refractivity contribution in [1.82, 2.24) is 0 Å². The fourth-order valence-corrected chi connectivity index (χ4v) is 1.18. The summed E-state index contributed by atoms with van der Waals surface area (Å²) in [5.41, 5.74) is 0. The van der Waals surface area contributed by atoms with Gasteiger partial charge in [0.2, 0.25) is 0 Å². The van der Waals surface area contributed by atoms with Crippen LogP contribution in [0.1, 0.15) is 12.8 Å². The lowest BCUT2D eigenvalue weighted by Gasteiger charge is -2.04. The number of ether oxygens (including phenoxy) is 1. The Hall–Kier alpha value is -0.520. The van der Waals surface area contributed by atoms with Gasteiger partial charge in [-0.3, -0.25) is 0 Å². The van der Waals surface area contributed by atoms with E-state index in [-0.39, 0.29) is 0 Å². The number of hydrogen-bond donors (Lipinski definition) is 1. The summed E-state index contributed by atoms with van der Waals surface area (Å²) in [7, 11) is 0. The monoisotopic (exact) mass is 140 g/mol. The zero-order valence-corrected chi connectivity index (χ0v) is 6.18. The van der Waals surface area contributed by atoms with E-state index in [4.69, 9.17) is 11.2 Å².